The molecule has 0 aromatic carbocycles. The van der Waals surface area contributed by atoms with Crippen LogP contribution in [0.1, 0.15) is 12.1 Å². The summed E-state index contributed by atoms with van der Waals surface area (Å²) in [5.41, 5.74) is 0.775. The van der Waals surface area contributed by atoms with Gasteiger partial charge in [-0.15, -0.1) is 0 Å². The molecule has 102 valence electrons. The number of carbonyl (C=O) groups is 1. The van der Waals surface area contributed by atoms with Crippen LogP contribution in [0.15, 0.2) is 18.6 Å². The third-order valence-electron chi connectivity index (χ3n) is 2.63. The molecule has 0 saturated carbocycles. The molecule has 0 aliphatic rings. The summed E-state index contributed by atoms with van der Waals surface area (Å²) in [6.07, 6.45) is 5.09. The maximum atomic E-state index is 11.7. The van der Waals surface area contributed by atoms with E-state index in [2.05, 4.69) is 15.5 Å². The van der Waals surface area contributed by atoms with Crippen molar-refractivity contribution in [1.29, 1.82) is 0 Å². The van der Waals surface area contributed by atoms with Crippen molar-refractivity contribution in [1.82, 2.24) is 24.9 Å². The summed E-state index contributed by atoms with van der Waals surface area (Å²) in [6.45, 7) is 0.839. The van der Waals surface area contributed by atoms with Gasteiger partial charge in [0.05, 0.1) is 34.7 Å². The van der Waals surface area contributed by atoms with Crippen molar-refractivity contribution in [3.63, 3.8) is 0 Å². The number of aromatic nitrogens is 4. The molecule has 0 aliphatic heterocycles. The first kappa shape index (κ1) is 13.9. The van der Waals surface area contributed by atoms with Crippen molar-refractivity contribution in [3.8, 4) is 0 Å². The lowest BCUT2D eigenvalue weighted by atomic mass is 10.3. The molecule has 0 bridgehead atoms. The zero-order valence-corrected chi connectivity index (χ0v) is 11.8. The molecule has 2 aromatic rings. The zero-order valence-electron chi connectivity index (χ0n) is 10.3. The SMILES string of the molecule is Cn1ncc(Cl)c1CNC(=O)CCn1cc(Cl)cn1. The lowest BCUT2D eigenvalue weighted by molar-refractivity contribution is -0.121. The molecule has 2 aromatic heterocycles. The molecule has 19 heavy (non-hydrogen) atoms. The van der Waals surface area contributed by atoms with Gasteiger partial charge < -0.3 is 5.32 Å². The molecule has 0 unspecified atom stereocenters. The van der Waals surface area contributed by atoms with Gasteiger partial charge in [0.1, 0.15) is 0 Å². The molecule has 0 saturated heterocycles. The first-order valence-electron chi connectivity index (χ1n) is 5.67. The molecule has 1 N–H and O–H groups in total. The van der Waals surface area contributed by atoms with Gasteiger partial charge in [0, 0.05) is 26.2 Å². The Morgan fingerprint density at radius 2 is 2.16 bits per heavy atom. The van der Waals surface area contributed by atoms with E-state index in [4.69, 9.17) is 23.2 Å². The van der Waals surface area contributed by atoms with Crippen molar-refractivity contribution in [2.24, 2.45) is 7.05 Å². The second kappa shape index (κ2) is 6.08. The highest BCUT2D eigenvalue weighted by Gasteiger charge is 2.08. The van der Waals surface area contributed by atoms with Crippen LogP contribution in [0.4, 0.5) is 0 Å². The fourth-order valence-electron chi connectivity index (χ4n) is 1.58. The minimum atomic E-state index is -0.0797. The number of halogens is 2. The van der Waals surface area contributed by atoms with Gasteiger partial charge >= 0.3 is 0 Å². The number of rotatable bonds is 5. The van der Waals surface area contributed by atoms with Crippen LogP contribution in [-0.2, 0) is 24.9 Å². The molecule has 2 rings (SSSR count). The lowest BCUT2D eigenvalue weighted by Crippen LogP contribution is -2.25. The fourth-order valence-corrected chi connectivity index (χ4v) is 1.97. The van der Waals surface area contributed by atoms with E-state index in [-0.39, 0.29) is 5.91 Å². The first-order valence-corrected chi connectivity index (χ1v) is 6.43. The van der Waals surface area contributed by atoms with Crippen LogP contribution in [0.3, 0.4) is 0 Å². The molecule has 1 amide bonds. The van der Waals surface area contributed by atoms with Gasteiger partial charge in [-0.05, 0) is 0 Å². The number of carbonyl (C=O) groups excluding carboxylic acids is 1. The normalized spacial score (nSPS) is 10.7. The predicted octanol–water partition coefficient (Wildman–Crippen LogP) is 1.63. The Morgan fingerprint density at radius 1 is 1.37 bits per heavy atom. The summed E-state index contributed by atoms with van der Waals surface area (Å²) in [5, 5.41) is 11.9. The first-order chi connectivity index (χ1) is 9.06. The third kappa shape index (κ3) is 3.71. The topological polar surface area (TPSA) is 64.7 Å². The highest BCUT2D eigenvalue weighted by molar-refractivity contribution is 6.31. The standard InChI is InChI=1S/C11H13Cl2N5O/c1-17-10(9(13)5-15-17)6-14-11(19)2-3-18-7-8(12)4-16-18/h4-5,7H,2-3,6H2,1H3,(H,14,19). The summed E-state index contributed by atoms with van der Waals surface area (Å²) < 4.78 is 3.26. The Kier molecular flexibility index (Phi) is 4.44. The van der Waals surface area contributed by atoms with Gasteiger partial charge in [0.25, 0.3) is 0 Å². The van der Waals surface area contributed by atoms with Gasteiger partial charge in [-0.1, -0.05) is 23.2 Å². The summed E-state index contributed by atoms with van der Waals surface area (Å²) in [4.78, 5) is 11.7. The van der Waals surface area contributed by atoms with Gasteiger partial charge in [-0.3, -0.25) is 14.2 Å². The van der Waals surface area contributed by atoms with Gasteiger partial charge in [0.2, 0.25) is 5.91 Å². The van der Waals surface area contributed by atoms with Crippen molar-refractivity contribution >= 4 is 29.1 Å². The Bertz CT molecular complexity index is 558. The molecule has 0 atom stereocenters. The predicted molar refractivity (Wildman–Crippen MR) is 71.9 cm³/mol. The number of nitrogens with zero attached hydrogens (tertiary/aromatic N) is 4. The van der Waals surface area contributed by atoms with Crippen molar-refractivity contribution < 1.29 is 4.79 Å². The largest absolute Gasteiger partial charge is 0.350 e. The van der Waals surface area contributed by atoms with Crippen LogP contribution >= 0.6 is 23.2 Å². The fraction of sp³-hybridized carbons (Fsp3) is 0.364. The van der Waals surface area contributed by atoms with E-state index in [1.807, 2.05) is 0 Å². The Hall–Kier alpha value is -1.53. The highest BCUT2D eigenvalue weighted by Crippen LogP contribution is 2.13. The van der Waals surface area contributed by atoms with Crippen LogP contribution in [0, 0.1) is 0 Å². The minimum absolute atomic E-state index is 0.0797. The number of aryl methyl sites for hydroxylation is 2. The van der Waals surface area contributed by atoms with E-state index in [1.165, 1.54) is 6.20 Å². The van der Waals surface area contributed by atoms with Gasteiger partial charge in [-0.25, -0.2) is 0 Å². The van der Waals surface area contributed by atoms with Crippen LogP contribution in [-0.4, -0.2) is 25.5 Å². The lowest BCUT2D eigenvalue weighted by Gasteiger charge is -2.06. The molecular formula is C11H13Cl2N5O. The average molecular weight is 302 g/mol. The third-order valence-corrected chi connectivity index (χ3v) is 3.14. The Balaban J connectivity index is 1.79. The van der Waals surface area contributed by atoms with E-state index in [0.717, 1.165) is 5.69 Å². The maximum Gasteiger partial charge on any atom is 0.222 e. The molecule has 6 nitrogen and oxygen atoms in total. The van der Waals surface area contributed by atoms with E-state index < -0.39 is 0 Å². The van der Waals surface area contributed by atoms with Crippen LogP contribution in [0.25, 0.3) is 0 Å². The number of amides is 1. The molecule has 8 heteroatoms. The highest BCUT2D eigenvalue weighted by atomic mass is 35.5. The van der Waals surface area contributed by atoms with E-state index in [0.29, 0.717) is 29.6 Å². The molecule has 0 spiro atoms. The minimum Gasteiger partial charge on any atom is -0.350 e. The van der Waals surface area contributed by atoms with Crippen molar-refractivity contribution in [2.45, 2.75) is 19.5 Å². The van der Waals surface area contributed by atoms with Crippen molar-refractivity contribution in [2.75, 3.05) is 0 Å². The molecule has 0 aliphatic carbocycles. The molecular weight excluding hydrogens is 289 g/mol. The van der Waals surface area contributed by atoms with Crippen LogP contribution in [0.5, 0.6) is 0 Å². The van der Waals surface area contributed by atoms with Crippen LogP contribution < -0.4 is 5.32 Å². The summed E-state index contributed by atoms with van der Waals surface area (Å²) >= 11 is 11.7. The second-order valence-corrected chi connectivity index (χ2v) is 4.85. The summed E-state index contributed by atoms with van der Waals surface area (Å²) in [7, 11) is 1.78. The average Bonchev–Trinajstić information content (AvgIpc) is 2.92. The molecule has 0 radical (unpaired) electrons. The van der Waals surface area contributed by atoms with Crippen LogP contribution in [0.2, 0.25) is 10.0 Å². The van der Waals surface area contributed by atoms with E-state index >= 15 is 0 Å². The van der Waals surface area contributed by atoms with Gasteiger partial charge in [0.15, 0.2) is 0 Å². The molecule has 2 heterocycles. The number of nitrogens with one attached hydrogen (secondary N) is 1. The van der Waals surface area contributed by atoms with E-state index in [1.54, 1.807) is 28.8 Å². The Morgan fingerprint density at radius 3 is 2.74 bits per heavy atom. The molecule has 0 fully saturated rings. The van der Waals surface area contributed by atoms with E-state index in [9.17, 15) is 4.79 Å². The van der Waals surface area contributed by atoms with Gasteiger partial charge in [-0.2, -0.15) is 10.2 Å². The zero-order chi connectivity index (χ0) is 13.8. The number of hydrogen-bond donors (Lipinski definition) is 1. The second-order valence-electron chi connectivity index (χ2n) is 4.01. The quantitative estimate of drug-likeness (QED) is 0.913. The smallest absolute Gasteiger partial charge is 0.222 e. The summed E-state index contributed by atoms with van der Waals surface area (Å²) in [6, 6.07) is 0. The monoisotopic (exact) mass is 301 g/mol. The number of hydrogen-bond acceptors (Lipinski definition) is 3. The Labute approximate surface area is 120 Å². The maximum absolute atomic E-state index is 11.7. The summed E-state index contributed by atoms with van der Waals surface area (Å²) in [5.74, 6) is -0.0797. The van der Waals surface area contributed by atoms with Crippen molar-refractivity contribution in [3.05, 3.63) is 34.3 Å².